The van der Waals surface area contributed by atoms with E-state index in [4.69, 9.17) is 10.5 Å². The number of hydrogen-bond acceptors (Lipinski definition) is 8. The number of carbonyl (C=O) groups excluding carboxylic acids is 1. The fourth-order valence-electron chi connectivity index (χ4n) is 3.58. The fourth-order valence-corrected chi connectivity index (χ4v) is 4.74. The van der Waals surface area contributed by atoms with Gasteiger partial charge in [-0.2, -0.15) is 5.26 Å². The van der Waals surface area contributed by atoms with Gasteiger partial charge >= 0.3 is 5.97 Å². The molecule has 1 atom stereocenters. The van der Waals surface area contributed by atoms with Gasteiger partial charge in [0.25, 0.3) is 5.56 Å². The van der Waals surface area contributed by atoms with E-state index in [0.29, 0.717) is 15.7 Å². The maximum absolute atomic E-state index is 13.2. The van der Waals surface area contributed by atoms with E-state index in [9.17, 15) is 25.1 Å². The summed E-state index contributed by atoms with van der Waals surface area (Å²) in [4.78, 5) is 26.0. The number of hydrogen-bond donors (Lipinski definition) is 3. The van der Waals surface area contributed by atoms with Crippen molar-refractivity contribution in [3.63, 3.8) is 0 Å². The number of nitriles is 1. The summed E-state index contributed by atoms with van der Waals surface area (Å²) in [5.41, 5.74) is 7.12. The molecule has 4 rings (SSSR count). The molecule has 3 aromatic rings. The van der Waals surface area contributed by atoms with Gasteiger partial charge in [0.1, 0.15) is 22.0 Å². The molecule has 1 aliphatic heterocycles. The van der Waals surface area contributed by atoms with Crippen LogP contribution in [0.3, 0.4) is 0 Å². The van der Waals surface area contributed by atoms with E-state index in [2.05, 4.69) is 0 Å². The molecule has 0 radical (unpaired) electrons. The number of fused-ring (bicyclic) bond motifs is 1. The van der Waals surface area contributed by atoms with Gasteiger partial charge in [0.2, 0.25) is 0 Å². The molecule has 0 bridgehead atoms. The molecule has 0 saturated heterocycles. The van der Waals surface area contributed by atoms with E-state index < -0.39 is 17.4 Å². The number of rotatable bonds is 3. The molecular formula is C23H17N3O5S. The number of esters is 1. The van der Waals surface area contributed by atoms with Gasteiger partial charge in [0, 0.05) is 0 Å². The molecule has 0 aliphatic carbocycles. The lowest BCUT2D eigenvalue weighted by atomic mass is 9.84. The van der Waals surface area contributed by atoms with Gasteiger partial charge in [-0.05, 0) is 41.5 Å². The van der Waals surface area contributed by atoms with Crippen LogP contribution in [0, 0.1) is 11.3 Å². The van der Waals surface area contributed by atoms with Crippen LogP contribution in [0.25, 0.3) is 17.5 Å². The molecule has 160 valence electrons. The predicted molar refractivity (Wildman–Crippen MR) is 119 cm³/mol. The smallest absolute Gasteiger partial charge is 0.337 e. The van der Waals surface area contributed by atoms with Gasteiger partial charge in [-0.25, -0.2) is 4.79 Å². The number of benzene rings is 2. The van der Waals surface area contributed by atoms with E-state index in [1.165, 1.54) is 31.4 Å². The monoisotopic (exact) mass is 447 g/mol. The van der Waals surface area contributed by atoms with Crippen molar-refractivity contribution in [2.75, 3.05) is 7.11 Å². The summed E-state index contributed by atoms with van der Waals surface area (Å²) in [6.45, 7) is 0. The van der Waals surface area contributed by atoms with Crippen LogP contribution in [0.5, 0.6) is 11.5 Å². The summed E-state index contributed by atoms with van der Waals surface area (Å²) in [6.07, 6.45) is 1.61. The van der Waals surface area contributed by atoms with Crippen LogP contribution < -0.4 is 20.5 Å². The number of allylic oxidation sites excluding steroid dienone is 1. The van der Waals surface area contributed by atoms with Crippen LogP contribution in [-0.2, 0) is 9.53 Å². The summed E-state index contributed by atoms with van der Waals surface area (Å²) < 4.78 is 6.69. The fraction of sp³-hybridized carbons (Fsp3) is 0.0870. The molecule has 2 heterocycles. The zero-order chi connectivity index (χ0) is 23.0. The van der Waals surface area contributed by atoms with Gasteiger partial charge in [-0.15, -0.1) is 11.3 Å². The van der Waals surface area contributed by atoms with E-state index in [1.807, 2.05) is 6.07 Å². The Hall–Kier alpha value is -4.29. The Bertz CT molecular complexity index is 1470. The van der Waals surface area contributed by atoms with Crippen molar-refractivity contribution in [1.29, 1.82) is 5.26 Å². The van der Waals surface area contributed by atoms with Crippen LogP contribution in [0.2, 0.25) is 0 Å². The maximum atomic E-state index is 13.2. The predicted octanol–water partition coefficient (Wildman–Crippen LogP) is 0.922. The Morgan fingerprint density at radius 3 is 2.31 bits per heavy atom. The zero-order valence-electron chi connectivity index (χ0n) is 16.8. The summed E-state index contributed by atoms with van der Waals surface area (Å²) in [5.74, 6) is -1.52. The first-order chi connectivity index (χ1) is 15.3. The number of aromatic nitrogens is 1. The second-order valence-electron chi connectivity index (χ2n) is 6.99. The molecule has 9 heteroatoms. The lowest BCUT2D eigenvalue weighted by molar-refractivity contribution is -0.134. The summed E-state index contributed by atoms with van der Waals surface area (Å²) >= 11 is 1.05. The van der Waals surface area contributed by atoms with E-state index >= 15 is 0 Å². The van der Waals surface area contributed by atoms with Crippen LogP contribution in [0.1, 0.15) is 17.0 Å². The topological polar surface area (TPSA) is 139 Å². The number of methoxy groups -OCH3 is 1. The first kappa shape index (κ1) is 21.0. The summed E-state index contributed by atoms with van der Waals surface area (Å²) in [7, 11) is 1.22. The second-order valence-corrected chi connectivity index (χ2v) is 8.02. The van der Waals surface area contributed by atoms with Gasteiger partial charge in [0.15, 0.2) is 0 Å². The molecule has 4 N–H and O–H groups in total. The van der Waals surface area contributed by atoms with Gasteiger partial charge in [-0.1, -0.05) is 24.3 Å². The molecular weight excluding hydrogens is 430 g/mol. The summed E-state index contributed by atoms with van der Waals surface area (Å²) in [5, 5.41) is 29.0. The number of carbonyl (C=O) groups is 1. The van der Waals surface area contributed by atoms with Crippen LogP contribution in [0.15, 0.2) is 58.9 Å². The van der Waals surface area contributed by atoms with Crippen molar-refractivity contribution in [2.24, 2.45) is 5.73 Å². The third-order valence-corrected chi connectivity index (χ3v) is 6.20. The highest BCUT2D eigenvalue weighted by atomic mass is 32.1. The first-order valence-corrected chi connectivity index (χ1v) is 10.2. The molecule has 1 aliphatic rings. The average Bonchev–Trinajstić information content (AvgIpc) is 3.11. The minimum absolute atomic E-state index is 0.0263. The minimum Gasteiger partial charge on any atom is -0.508 e. The van der Waals surface area contributed by atoms with Gasteiger partial charge < -0.3 is 20.7 Å². The SMILES string of the molecule is COC(=O)C1=c2s/c(=C\c3ccc(O)cc3)c(=O)n2C(N)=C(C#N)[C@@H]1c1ccc(O)cc1. The molecule has 2 aromatic carbocycles. The van der Waals surface area contributed by atoms with Crippen LogP contribution >= 0.6 is 11.3 Å². The number of ether oxygens (including phenoxy) is 1. The number of phenols is 2. The van der Waals surface area contributed by atoms with Crippen molar-refractivity contribution in [3.8, 4) is 17.6 Å². The third kappa shape index (κ3) is 3.42. The maximum Gasteiger partial charge on any atom is 0.337 e. The van der Waals surface area contributed by atoms with Crippen molar-refractivity contribution in [2.45, 2.75) is 5.92 Å². The molecule has 0 saturated carbocycles. The minimum atomic E-state index is -0.868. The van der Waals surface area contributed by atoms with Crippen LogP contribution in [-0.4, -0.2) is 27.9 Å². The van der Waals surface area contributed by atoms with Gasteiger partial charge in [0.05, 0.1) is 34.8 Å². The zero-order valence-corrected chi connectivity index (χ0v) is 17.6. The lowest BCUT2D eigenvalue weighted by Gasteiger charge is -2.24. The van der Waals surface area contributed by atoms with E-state index in [0.717, 1.165) is 15.9 Å². The quantitative estimate of drug-likeness (QED) is 0.508. The van der Waals surface area contributed by atoms with Gasteiger partial charge in [-0.3, -0.25) is 9.36 Å². The molecule has 0 unspecified atom stereocenters. The van der Waals surface area contributed by atoms with Crippen molar-refractivity contribution in [1.82, 2.24) is 4.57 Å². The number of thiazole rings is 1. The van der Waals surface area contributed by atoms with Crippen molar-refractivity contribution < 1.29 is 19.7 Å². The van der Waals surface area contributed by atoms with Crippen molar-refractivity contribution >= 4 is 34.8 Å². The van der Waals surface area contributed by atoms with Crippen molar-refractivity contribution in [3.05, 3.63) is 84.8 Å². The average molecular weight is 447 g/mol. The lowest BCUT2D eigenvalue weighted by Crippen LogP contribution is -2.40. The second kappa shape index (κ2) is 8.09. The number of nitrogens with two attached hydrogens (primary N) is 1. The number of aromatic hydroxyl groups is 2. The Morgan fingerprint density at radius 2 is 1.75 bits per heavy atom. The Balaban J connectivity index is 2.08. The molecule has 1 aromatic heterocycles. The first-order valence-electron chi connectivity index (χ1n) is 9.40. The molecule has 0 spiro atoms. The number of phenolic OH excluding ortho intramolecular Hbond substituents is 2. The van der Waals surface area contributed by atoms with Crippen LogP contribution in [0.4, 0.5) is 0 Å². The molecule has 8 nitrogen and oxygen atoms in total. The Labute approximate surface area is 185 Å². The highest BCUT2D eigenvalue weighted by Crippen LogP contribution is 2.37. The standard InChI is InChI=1S/C23H17N3O5S/c1-31-23(30)19-18(13-4-8-15(28)9-5-13)16(11-24)20(25)26-21(29)17(32-22(19)26)10-12-2-6-14(27)7-3-12/h2-10,18,27-28H,25H2,1H3/b17-10-/t18-/m0/s1. The molecule has 0 amide bonds. The highest BCUT2D eigenvalue weighted by molar-refractivity contribution is 7.07. The third-order valence-electron chi connectivity index (χ3n) is 5.09. The summed E-state index contributed by atoms with van der Waals surface area (Å²) in [6, 6.07) is 14.3. The highest BCUT2D eigenvalue weighted by Gasteiger charge is 2.36. The Morgan fingerprint density at radius 1 is 1.16 bits per heavy atom. The normalized spacial score (nSPS) is 15.9. The number of nitrogens with zero attached hydrogens (tertiary/aromatic N) is 2. The molecule has 32 heavy (non-hydrogen) atoms. The largest absolute Gasteiger partial charge is 0.508 e. The molecule has 0 fully saturated rings. The van der Waals surface area contributed by atoms with E-state index in [-0.39, 0.29) is 33.1 Å². The van der Waals surface area contributed by atoms with E-state index in [1.54, 1.807) is 30.3 Å². The Kier molecular flexibility index (Phi) is 5.30.